The van der Waals surface area contributed by atoms with Crippen molar-refractivity contribution in [3.8, 4) is 11.5 Å². The van der Waals surface area contributed by atoms with Crippen molar-refractivity contribution in [1.29, 1.82) is 0 Å². The van der Waals surface area contributed by atoms with Gasteiger partial charge in [0.1, 0.15) is 0 Å². The minimum Gasteiger partial charge on any atom is -0.453 e. The van der Waals surface area contributed by atoms with Crippen molar-refractivity contribution < 1.29 is 4.74 Å². The first-order valence-electron chi connectivity index (χ1n) is 15.0. The Hall–Kier alpha value is -4.24. The van der Waals surface area contributed by atoms with E-state index in [0.717, 1.165) is 22.9 Å². The van der Waals surface area contributed by atoms with Crippen LogP contribution in [0.15, 0.2) is 78.9 Å². The molecule has 210 valence electrons. The van der Waals surface area contributed by atoms with Crippen LogP contribution in [-0.2, 0) is 0 Å². The van der Waals surface area contributed by atoms with Crippen molar-refractivity contribution in [3.63, 3.8) is 0 Å². The van der Waals surface area contributed by atoms with Crippen LogP contribution < -0.4 is 26.0 Å². The second-order valence-electron chi connectivity index (χ2n) is 12.3. The van der Waals surface area contributed by atoms with Crippen LogP contribution in [0.5, 0.6) is 11.5 Å². The summed E-state index contributed by atoms with van der Waals surface area (Å²) in [6, 6.07) is 28.6. The first kappa shape index (κ1) is 27.9. The third-order valence-electron chi connectivity index (χ3n) is 9.35. The van der Waals surface area contributed by atoms with Gasteiger partial charge >= 0.3 is 0 Å². The number of benzene rings is 5. The Labute approximate surface area is 252 Å². The van der Waals surface area contributed by atoms with Crippen LogP contribution in [0.25, 0.3) is 0 Å². The van der Waals surface area contributed by atoms with E-state index in [2.05, 4.69) is 134 Å². The molecule has 0 N–H and O–H groups in total. The standard InChI is InChI=1S/C39H40BNO/c1-23-18-24(2)20-32(19-23)40(38-28(6)25(3)21-26(4)29(38)7)33-22-27(5)39(31(9)30(33)8)41-34-14-10-12-16-36(34)42-37-17-13-11-15-35(37)41/h10-22H,1-9H3. The molecule has 0 saturated heterocycles. The number of fused-ring (bicyclic) bond motifs is 2. The van der Waals surface area contributed by atoms with E-state index in [1.165, 1.54) is 72.1 Å². The Morgan fingerprint density at radius 3 is 1.60 bits per heavy atom. The Morgan fingerprint density at radius 1 is 0.524 bits per heavy atom. The summed E-state index contributed by atoms with van der Waals surface area (Å²) in [5.74, 6) is 1.76. The van der Waals surface area contributed by atoms with Gasteiger partial charge < -0.3 is 9.64 Å². The molecule has 3 heteroatoms. The highest BCUT2D eigenvalue weighted by Gasteiger charge is 2.32. The van der Waals surface area contributed by atoms with E-state index >= 15 is 0 Å². The van der Waals surface area contributed by atoms with Crippen molar-refractivity contribution in [3.05, 3.63) is 129 Å². The molecule has 0 bridgehead atoms. The number of ether oxygens (including phenoxy) is 1. The maximum atomic E-state index is 6.35. The van der Waals surface area contributed by atoms with E-state index < -0.39 is 0 Å². The van der Waals surface area contributed by atoms with Gasteiger partial charge in [-0.15, -0.1) is 0 Å². The maximum Gasteiger partial charge on any atom is 0.242 e. The summed E-state index contributed by atoms with van der Waals surface area (Å²) in [7, 11) is 0. The predicted molar refractivity (Wildman–Crippen MR) is 181 cm³/mol. The fourth-order valence-electron chi connectivity index (χ4n) is 7.05. The van der Waals surface area contributed by atoms with Crippen LogP contribution >= 0.6 is 0 Å². The second-order valence-corrected chi connectivity index (χ2v) is 12.3. The Kier molecular flexibility index (Phi) is 7.01. The van der Waals surface area contributed by atoms with E-state index in [-0.39, 0.29) is 6.71 Å². The van der Waals surface area contributed by atoms with Crippen molar-refractivity contribution in [2.75, 3.05) is 4.90 Å². The SMILES string of the molecule is Cc1cc(C)cc(B(c2cc(C)c(N3c4ccccc4Oc4ccccc43)c(C)c2C)c2c(C)c(C)cc(C)c2C)c1. The minimum absolute atomic E-state index is 0.137. The summed E-state index contributed by atoms with van der Waals surface area (Å²) >= 11 is 0. The molecule has 0 amide bonds. The summed E-state index contributed by atoms with van der Waals surface area (Å²) in [5, 5.41) is 0. The van der Waals surface area contributed by atoms with Gasteiger partial charge in [0.15, 0.2) is 11.5 Å². The molecule has 0 spiro atoms. The summed E-state index contributed by atoms with van der Waals surface area (Å²) < 4.78 is 6.35. The van der Waals surface area contributed by atoms with Gasteiger partial charge in [0.05, 0.1) is 17.1 Å². The molecule has 5 aromatic rings. The molecule has 42 heavy (non-hydrogen) atoms. The third-order valence-corrected chi connectivity index (χ3v) is 9.35. The van der Waals surface area contributed by atoms with Gasteiger partial charge in [0.2, 0.25) is 6.71 Å². The lowest BCUT2D eigenvalue weighted by Crippen LogP contribution is -2.55. The molecule has 0 atom stereocenters. The molecule has 1 aliphatic rings. The summed E-state index contributed by atoms with van der Waals surface area (Å²) in [6.07, 6.45) is 0. The molecule has 0 radical (unpaired) electrons. The largest absolute Gasteiger partial charge is 0.453 e. The molecular formula is C39H40BNO. The van der Waals surface area contributed by atoms with Gasteiger partial charge in [-0.05, 0) is 109 Å². The first-order chi connectivity index (χ1) is 20.1. The van der Waals surface area contributed by atoms with E-state index in [0.29, 0.717) is 0 Å². The number of nitrogens with zero attached hydrogens (tertiary/aromatic N) is 1. The van der Waals surface area contributed by atoms with Gasteiger partial charge in [-0.1, -0.05) is 98.8 Å². The van der Waals surface area contributed by atoms with Gasteiger partial charge in [-0.25, -0.2) is 0 Å². The lowest BCUT2D eigenvalue weighted by atomic mass is 9.34. The first-order valence-corrected chi connectivity index (χ1v) is 15.0. The monoisotopic (exact) mass is 549 g/mol. The lowest BCUT2D eigenvalue weighted by molar-refractivity contribution is 0.477. The molecule has 1 aliphatic heterocycles. The topological polar surface area (TPSA) is 12.5 Å². The number of para-hydroxylation sites is 4. The molecule has 0 fully saturated rings. The highest BCUT2D eigenvalue weighted by molar-refractivity contribution is 6.96. The smallest absolute Gasteiger partial charge is 0.242 e. The molecule has 6 rings (SSSR count). The Morgan fingerprint density at radius 2 is 1.05 bits per heavy atom. The van der Waals surface area contributed by atoms with Gasteiger partial charge in [0, 0.05) is 0 Å². The van der Waals surface area contributed by atoms with Crippen molar-refractivity contribution in [2.45, 2.75) is 62.3 Å². The number of anilines is 3. The Balaban J connectivity index is 1.64. The van der Waals surface area contributed by atoms with Crippen molar-refractivity contribution >= 4 is 40.2 Å². The van der Waals surface area contributed by atoms with Crippen molar-refractivity contribution in [1.82, 2.24) is 0 Å². The van der Waals surface area contributed by atoms with Crippen LogP contribution in [0.2, 0.25) is 0 Å². The third kappa shape index (κ3) is 4.52. The van der Waals surface area contributed by atoms with Gasteiger partial charge in [-0.2, -0.15) is 0 Å². The quantitative estimate of drug-likeness (QED) is 0.204. The molecule has 0 unspecified atom stereocenters. The average molecular weight is 550 g/mol. The van der Waals surface area contributed by atoms with Crippen LogP contribution in [0, 0.1) is 62.3 Å². The molecule has 0 saturated carbocycles. The lowest BCUT2D eigenvalue weighted by Gasteiger charge is -2.36. The number of hydrogen-bond donors (Lipinski definition) is 0. The van der Waals surface area contributed by atoms with Gasteiger partial charge in [0.25, 0.3) is 0 Å². The number of rotatable bonds is 4. The van der Waals surface area contributed by atoms with Crippen LogP contribution in [-0.4, -0.2) is 6.71 Å². The van der Waals surface area contributed by atoms with Gasteiger partial charge in [-0.3, -0.25) is 0 Å². The average Bonchev–Trinajstić information content (AvgIpc) is 2.95. The molecule has 0 aliphatic carbocycles. The molecular weight excluding hydrogens is 509 g/mol. The van der Waals surface area contributed by atoms with Crippen LogP contribution in [0.3, 0.4) is 0 Å². The zero-order valence-electron chi connectivity index (χ0n) is 26.4. The van der Waals surface area contributed by atoms with Crippen molar-refractivity contribution in [2.24, 2.45) is 0 Å². The fourth-order valence-corrected chi connectivity index (χ4v) is 7.05. The molecule has 2 nitrogen and oxygen atoms in total. The number of hydrogen-bond acceptors (Lipinski definition) is 2. The summed E-state index contributed by atoms with van der Waals surface area (Å²) in [6.45, 7) is 20.6. The predicted octanol–water partition coefficient (Wildman–Crippen LogP) is 8.55. The Bertz CT molecular complexity index is 1780. The molecule has 0 aromatic heterocycles. The summed E-state index contributed by atoms with van der Waals surface area (Å²) in [5.41, 5.74) is 19.5. The normalized spacial score (nSPS) is 12.1. The highest BCUT2D eigenvalue weighted by Crippen LogP contribution is 2.51. The zero-order chi connectivity index (χ0) is 29.9. The van der Waals surface area contributed by atoms with E-state index in [1.807, 2.05) is 12.1 Å². The number of aryl methyl sites for hydroxylation is 5. The highest BCUT2D eigenvalue weighted by atomic mass is 16.5. The zero-order valence-corrected chi connectivity index (χ0v) is 26.4. The van der Waals surface area contributed by atoms with Crippen LogP contribution in [0.1, 0.15) is 50.1 Å². The fraction of sp³-hybridized carbons (Fsp3) is 0.231. The molecule has 1 heterocycles. The van der Waals surface area contributed by atoms with E-state index in [4.69, 9.17) is 4.74 Å². The maximum absolute atomic E-state index is 6.35. The van der Waals surface area contributed by atoms with E-state index in [1.54, 1.807) is 0 Å². The second kappa shape index (κ2) is 10.5. The summed E-state index contributed by atoms with van der Waals surface area (Å²) in [4.78, 5) is 2.40. The van der Waals surface area contributed by atoms with E-state index in [9.17, 15) is 0 Å². The molecule has 5 aromatic carbocycles. The van der Waals surface area contributed by atoms with Crippen LogP contribution in [0.4, 0.5) is 17.1 Å². The minimum atomic E-state index is 0.137.